The lowest BCUT2D eigenvalue weighted by Gasteiger charge is -2.39. The lowest BCUT2D eigenvalue weighted by Crippen LogP contribution is -2.55. The summed E-state index contributed by atoms with van der Waals surface area (Å²) in [6, 6.07) is -1.57. The van der Waals surface area contributed by atoms with E-state index < -0.39 is 18.1 Å². The number of rotatable bonds is 1. The predicted octanol–water partition coefficient (Wildman–Crippen LogP) is -1.16. The van der Waals surface area contributed by atoms with E-state index in [1.807, 2.05) is 0 Å². The summed E-state index contributed by atoms with van der Waals surface area (Å²) in [5.41, 5.74) is 0. The molecule has 116 valence electrons. The van der Waals surface area contributed by atoms with E-state index in [1.165, 1.54) is 4.90 Å². The first-order valence-electron chi connectivity index (χ1n) is 7.25. The Kier molecular flexibility index (Phi) is 3.48. The van der Waals surface area contributed by atoms with Crippen molar-refractivity contribution in [1.82, 2.24) is 15.1 Å². The molecule has 21 heavy (non-hydrogen) atoms. The SMILES string of the molecule is O=C1NCC2C1CCCN2C(=O)N1C[C@H](O)C[C@@H]1C(=O)O. The number of likely N-dealkylation sites (tertiary alicyclic amines) is 2. The molecule has 3 heterocycles. The first-order chi connectivity index (χ1) is 9.99. The number of aliphatic carboxylic acids is 1. The molecule has 0 bridgehead atoms. The van der Waals surface area contributed by atoms with Gasteiger partial charge in [0, 0.05) is 26.1 Å². The number of piperidine rings is 1. The second kappa shape index (κ2) is 5.18. The highest BCUT2D eigenvalue weighted by molar-refractivity contribution is 5.86. The number of aliphatic hydroxyl groups excluding tert-OH is 1. The van der Waals surface area contributed by atoms with Crippen molar-refractivity contribution in [1.29, 1.82) is 0 Å². The Morgan fingerprint density at radius 2 is 2.05 bits per heavy atom. The summed E-state index contributed by atoms with van der Waals surface area (Å²) in [4.78, 5) is 38.4. The topological polar surface area (TPSA) is 110 Å². The van der Waals surface area contributed by atoms with Gasteiger partial charge >= 0.3 is 12.0 Å². The molecule has 0 aromatic carbocycles. The molecule has 3 rings (SSSR count). The minimum Gasteiger partial charge on any atom is -0.480 e. The van der Waals surface area contributed by atoms with Crippen LogP contribution in [0, 0.1) is 5.92 Å². The molecule has 3 aliphatic rings. The number of urea groups is 1. The Morgan fingerprint density at radius 3 is 2.76 bits per heavy atom. The van der Waals surface area contributed by atoms with Crippen LogP contribution < -0.4 is 5.32 Å². The lowest BCUT2D eigenvalue weighted by molar-refractivity contribution is -0.141. The Morgan fingerprint density at radius 1 is 1.29 bits per heavy atom. The molecule has 8 nitrogen and oxygen atoms in total. The van der Waals surface area contributed by atoms with Crippen LogP contribution in [0.2, 0.25) is 0 Å². The van der Waals surface area contributed by atoms with E-state index in [0.717, 1.165) is 12.8 Å². The molecule has 4 atom stereocenters. The molecule has 8 heteroatoms. The summed E-state index contributed by atoms with van der Waals surface area (Å²) < 4.78 is 0. The standard InChI is InChI=1S/C13H19N3O5/c17-7-4-9(12(19)20)16(6-7)13(21)15-3-1-2-8-10(15)5-14-11(8)18/h7-10,17H,1-6H2,(H,14,18)(H,19,20)/t7-,8?,9-,10?/m1/s1. The number of carbonyl (C=O) groups excluding carboxylic acids is 2. The third-order valence-electron chi connectivity index (χ3n) is 4.66. The van der Waals surface area contributed by atoms with Gasteiger partial charge in [-0.1, -0.05) is 0 Å². The van der Waals surface area contributed by atoms with Crippen molar-refractivity contribution < 1.29 is 24.6 Å². The Labute approximate surface area is 121 Å². The molecule has 0 aromatic heterocycles. The van der Waals surface area contributed by atoms with Crippen LogP contribution in [0.3, 0.4) is 0 Å². The molecule has 3 amide bonds. The van der Waals surface area contributed by atoms with E-state index >= 15 is 0 Å². The quantitative estimate of drug-likeness (QED) is 0.565. The highest BCUT2D eigenvalue weighted by Gasteiger charge is 2.47. The van der Waals surface area contributed by atoms with Gasteiger partial charge in [-0.05, 0) is 12.8 Å². The Bertz CT molecular complexity index is 482. The number of carboxylic acids is 1. The van der Waals surface area contributed by atoms with Crippen LogP contribution in [0.4, 0.5) is 4.79 Å². The minimum absolute atomic E-state index is 0.0328. The van der Waals surface area contributed by atoms with Gasteiger partial charge in [-0.2, -0.15) is 0 Å². The summed E-state index contributed by atoms with van der Waals surface area (Å²) in [5.74, 6) is -1.33. The average molecular weight is 297 g/mol. The number of aliphatic hydroxyl groups is 1. The molecule has 0 spiro atoms. The van der Waals surface area contributed by atoms with Crippen molar-refractivity contribution in [2.45, 2.75) is 37.5 Å². The van der Waals surface area contributed by atoms with Gasteiger partial charge in [0.15, 0.2) is 0 Å². The lowest BCUT2D eigenvalue weighted by atomic mass is 9.92. The molecular formula is C13H19N3O5. The molecule has 0 aliphatic carbocycles. The van der Waals surface area contributed by atoms with Crippen LogP contribution in [-0.2, 0) is 9.59 Å². The second-order valence-corrected chi connectivity index (χ2v) is 5.93. The van der Waals surface area contributed by atoms with Gasteiger partial charge in [0.2, 0.25) is 5.91 Å². The molecule has 0 saturated carbocycles. The number of carbonyl (C=O) groups is 3. The van der Waals surface area contributed by atoms with Crippen molar-refractivity contribution in [3.8, 4) is 0 Å². The zero-order valence-electron chi connectivity index (χ0n) is 11.6. The van der Waals surface area contributed by atoms with Crippen LogP contribution >= 0.6 is 0 Å². The first-order valence-corrected chi connectivity index (χ1v) is 7.25. The van der Waals surface area contributed by atoms with Gasteiger partial charge < -0.3 is 25.3 Å². The number of β-amino-alcohol motifs (C(OH)–C–C–N with tert-alkyl or cyclic N) is 1. The maximum atomic E-state index is 12.6. The smallest absolute Gasteiger partial charge is 0.326 e. The Balaban J connectivity index is 1.78. The zero-order valence-corrected chi connectivity index (χ0v) is 11.6. The van der Waals surface area contributed by atoms with Gasteiger partial charge in [-0.3, -0.25) is 4.79 Å². The summed E-state index contributed by atoms with van der Waals surface area (Å²) in [7, 11) is 0. The van der Waals surface area contributed by atoms with Crippen LogP contribution in [0.1, 0.15) is 19.3 Å². The van der Waals surface area contributed by atoms with E-state index in [9.17, 15) is 24.6 Å². The Hall–Kier alpha value is -1.83. The average Bonchev–Trinajstić information content (AvgIpc) is 3.02. The summed E-state index contributed by atoms with van der Waals surface area (Å²) >= 11 is 0. The number of hydrogen-bond acceptors (Lipinski definition) is 4. The third-order valence-corrected chi connectivity index (χ3v) is 4.66. The maximum Gasteiger partial charge on any atom is 0.326 e. The molecule has 2 unspecified atom stereocenters. The molecule has 3 saturated heterocycles. The van der Waals surface area contributed by atoms with E-state index in [1.54, 1.807) is 4.90 Å². The van der Waals surface area contributed by atoms with Crippen molar-refractivity contribution in [3.63, 3.8) is 0 Å². The number of nitrogens with one attached hydrogen (secondary N) is 1. The fourth-order valence-electron chi connectivity index (χ4n) is 3.61. The number of hydrogen-bond donors (Lipinski definition) is 3. The summed E-state index contributed by atoms with van der Waals surface area (Å²) in [6.45, 7) is 0.975. The monoisotopic (exact) mass is 297 g/mol. The van der Waals surface area contributed by atoms with Gasteiger partial charge in [0.1, 0.15) is 6.04 Å². The van der Waals surface area contributed by atoms with Crippen molar-refractivity contribution in [2.75, 3.05) is 19.6 Å². The minimum atomic E-state index is -1.10. The van der Waals surface area contributed by atoms with Crippen LogP contribution in [0.25, 0.3) is 0 Å². The van der Waals surface area contributed by atoms with E-state index in [4.69, 9.17) is 0 Å². The highest BCUT2D eigenvalue weighted by atomic mass is 16.4. The number of fused-ring (bicyclic) bond motifs is 1. The fourth-order valence-corrected chi connectivity index (χ4v) is 3.61. The summed E-state index contributed by atoms with van der Waals surface area (Å²) in [5, 5.41) is 21.6. The van der Waals surface area contributed by atoms with Crippen LogP contribution in [0.5, 0.6) is 0 Å². The molecule has 3 fully saturated rings. The predicted molar refractivity (Wildman–Crippen MR) is 70.4 cm³/mol. The first kappa shape index (κ1) is 14.1. The number of amides is 3. The zero-order chi connectivity index (χ0) is 15.1. The normalized spacial score (nSPS) is 35.6. The molecule has 3 N–H and O–H groups in total. The number of nitrogens with zero attached hydrogens (tertiary/aromatic N) is 2. The van der Waals surface area contributed by atoms with Gasteiger partial charge in [0.05, 0.1) is 18.1 Å². The van der Waals surface area contributed by atoms with Crippen LogP contribution in [-0.4, -0.2) is 75.7 Å². The van der Waals surface area contributed by atoms with Crippen molar-refractivity contribution in [2.24, 2.45) is 5.92 Å². The maximum absolute atomic E-state index is 12.6. The largest absolute Gasteiger partial charge is 0.480 e. The van der Waals surface area contributed by atoms with Gasteiger partial charge in [-0.25, -0.2) is 9.59 Å². The van der Waals surface area contributed by atoms with Crippen LogP contribution in [0.15, 0.2) is 0 Å². The van der Waals surface area contributed by atoms with E-state index in [2.05, 4.69) is 5.32 Å². The van der Waals surface area contributed by atoms with Crippen molar-refractivity contribution in [3.05, 3.63) is 0 Å². The van der Waals surface area contributed by atoms with E-state index in [0.29, 0.717) is 13.1 Å². The molecule has 0 radical (unpaired) electrons. The molecule has 3 aliphatic heterocycles. The number of carboxylic acid groups (broad SMARTS) is 1. The highest BCUT2D eigenvalue weighted by Crippen LogP contribution is 2.30. The third kappa shape index (κ3) is 2.33. The second-order valence-electron chi connectivity index (χ2n) is 5.93. The fraction of sp³-hybridized carbons (Fsp3) is 0.769. The van der Waals surface area contributed by atoms with Gasteiger partial charge in [0.25, 0.3) is 0 Å². The molecular weight excluding hydrogens is 278 g/mol. The summed E-state index contributed by atoms with van der Waals surface area (Å²) in [6.07, 6.45) is 0.735. The van der Waals surface area contributed by atoms with Gasteiger partial charge in [-0.15, -0.1) is 0 Å². The van der Waals surface area contributed by atoms with Crippen molar-refractivity contribution >= 4 is 17.9 Å². The van der Waals surface area contributed by atoms with E-state index in [-0.39, 0.29) is 36.9 Å². The molecule has 0 aromatic rings.